The van der Waals surface area contributed by atoms with Gasteiger partial charge in [-0.05, 0) is 29.9 Å². The Hall–Kier alpha value is -0.980. The molecule has 1 fully saturated rings. The van der Waals surface area contributed by atoms with E-state index in [-0.39, 0.29) is 16.0 Å². The van der Waals surface area contributed by atoms with Crippen molar-refractivity contribution in [3.05, 3.63) is 38.3 Å². The molecular weight excluding hydrogens is 324 g/mol. The third-order valence-corrected chi connectivity index (χ3v) is 4.55. The van der Waals surface area contributed by atoms with Gasteiger partial charge in [-0.2, -0.15) is 0 Å². The van der Waals surface area contributed by atoms with Crippen LogP contribution >= 0.6 is 15.9 Å². The van der Waals surface area contributed by atoms with Crippen LogP contribution in [-0.2, 0) is 11.3 Å². The molecule has 1 aromatic rings. The Labute approximate surface area is 127 Å². The number of nitrogens with zero attached hydrogens (tertiary/aromatic N) is 1. The van der Waals surface area contributed by atoms with E-state index in [2.05, 4.69) is 28.2 Å². The molecule has 1 N–H and O–H groups in total. The number of ether oxygens (including phenoxy) is 1. The minimum absolute atomic E-state index is 0.108. The Morgan fingerprint density at radius 1 is 1.45 bits per heavy atom. The van der Waals surface area contributed by atoms with Crippen LogP contribution in [0.2, 0.25) is 0 Å². The van der Waals surface area contributed by atoms with Crippen molar-refractivity contribution in [2.24, 2.45) is 5.41 Å². The van der Waals surface area contributed by atoms with E-state index in [1.807, 2.05) is 0 Å². The molecular formula is C14H19BrN2O3. The van der Waals surface area contributed by atoms with Crippen LogP contribution in [0.1, 0.15) is 25.3 Å². The Morgan fingerprint density at radius 2 is 2.15 bits per heavy atom. The van der Waals surface area contributed by atoms with Gasteiger partial charge in [0.15, 0.2) is 0 Å². The monoisotopic (exact) mass is 342 g/mol. The fraction of sp³-hybridized carbons (Fsp3) is 0.571. The molecule has 1 saturated heterocycles. The molecule has 0 bridgehead atoms. The normalized spacial score (nSPS) is 17.9. The summed E-state index contributed by atoms with van der Waals surface area (Å²) in [7, 11) is 0. The predicted molar refractivity (Wildman–Crippen MR) is 80.7 cm³/mol. The van der Waals surface area contributed by atoms with E-state index in [0.717, 1.165) is 42.6 Å². The van der Waals surface area contributed by atoms with Crippen LogP contribution in [0.15, 0.2) is 22.7 Å². The Kier molecular flexibility index (Phi) is 5.12. The number of nitro benzene ring substituents is 1. The van der Waals surface area contributed by atoms with Crippen LogP contribution in [-0.4, -0.2) is 24.7 Å². The number of nitro groups is 1. The van der Waals surface area contributed by atoms with E-state index in [1.165, 1.54) is 6.07 Å². The molecule has 0 radical (unpaired) electrons. The highest BCUT2D eigenvalue weighted by Crippen LogP contribution is 2.29. The fourth-order valence-corrected chi connectivity index (χ4v) is 2.84. The average Bonchev–Trinajstić information content (AvgIpc) is 2.41. The van der Waals surface area contributed by atoms with Crippen molar-refractivity contribution in [3.8, 4) is 0 Å². The Morgan fingerprint density at radius 3 is 2.75 bits per heavy atom. The molecule has 1 aliphatic rings. The summed E-state index contributed by atoms with van der Waals surface area (Å²) in [5.41, 5.74) is 1.43. The van der Waals surface area contributed by atoms with Gasteiger partial charge >= 0.3 is 0 Å². The first-order valence-electron chi connectivity index (χ1n) is 6.71. The number of rotatable bonds is 5. The molecule has 0 aliphatic carbocycles. The van der Waals surface area contributed by atoms with E-state index in [9.17, 15) is 10.1 Å². The summed E-state index contributed by atoms with van der Waals surface area (Å²) < 4.78 is 6.16. The van der Waals surface area contributed by atoms with Gasteiger partial charge in [0, 0.05) is 42.9 Å². The molecule has 6 heteroatoms. The maximum atomic E-state index is 10.7. The quantitative estimate of drug-likeness (QED) is 0.658. The van der Waals surface area contributed by atoms with Crippen molar-refractivity contribution >= 4 is 21.6 Å². The minimum atomic E-state index is -0.384. The van der Waals surface area contributed by atoms with Crippen molar-refractivity contribution in [1.29, 1.82) is 0 Å². The van der Waals surface area contributed by atoms with Crippen LogP contribution in [0.4, 0.5) is 5.69 Å². The van der Waals surface area contributed by atoms with Crippen molar-refractivity contribution in [1.82, 2.24) is 5.32 Å². The topological polar surface area (TPSA) is 64.4 Å². The summed E-state index contributed by atoms with van der Waals surface area (Å²) in [4.78, 5) is 10.3. The van der Waals surface area contributed by atoms with E-state index >= 15 is 0 Å². The number of hydrogen-bond acceptors (Lipinski definition) is 4. The van der Waals surface area contributed by atoms with Gasteiger partial charge in [0.05, 0.1) is 4.92 Å². The summed E-state index contributed by atoms with van der Waals surface area (Å²) in [6.45, 7) is 5.57. The molecule has 0 amide bonds. The van der Waals surface area contributed by atoms with E-state index < -0.39 is 0 Å². The zero-order valence-corrected chi connectivity index (χ0v) is 13.1. The third-order valence-electron chi connectivity index (χ3n) is 3.81. The van der Waals surface area contributed by atoms with Crippen molar-refractivity contribution in [3.63, 3.8) is 0 Å². The minimum Gasteiger partial charge on any atom is -0.381 e. The van der Waals surface area contributed by atoms with E-state index in [0.29, 0.717) is 6.54 Å². The lowest BCUT2D eigenvalue weighted by molar-refractivity contribution is -0.384. The second kappa shape index (κ2) is 6.65. The van der Waals surface area contributed by atoms with Gasteiger partial charge in [-0.3, -0.25) is 10.1 Å². The van der Waals surface area contributed by atoms with E-state index in [4.69, 9.17) is 4.74 Å². The summed E-state index contributed by atoms with van der Waals surface area (Å²) in [5, 5.41) is 14.1. The molecule has 0 atom stereocenters. The number of hydrogen-bond donors (Lipinski definition) is 1. The largest absolute Gasteiger partial charge is 0.381 e. The number of nitrogens with one attached hydrogen (secondary N) is 1. The number of halogens is 1. The van der Waals surface area contributed by atoms with Crippen LogP contribution in [0, 0.1) is 15.5 Å². The predicted octanol–water partition coefficient (Wildman–Crippen LogP) is 3.26. The maximum absolute atomic E-state index is 10.7. The van der Waals surface area contributed by atoms with Gasteiger partial charge in [0.2, 0.25) is 0 Å². The van der Waals surface area contributed by atoms with E-state index in [1.54, 1.807) is 12.1 Å². The van der Waals surface area contributed by atoms with Gasteiger partial charge < -0.3 is 10.1 Å². The summed E-state index contributed by atoms with van der Waals surface area (Å²) in [6.07, 6.45) is 2.14. The SMILES string of the molecule is CC1(CNCc2ccc([N+](=O)[O-])cc2Br)CCOCC1. The fourth-order valence-electron chi connectivity index (χ4n) is 2.33. The molecule has 1 aliphatic heterocycles. The average molecular weight is 343 g/mol. The lowest BCUT2D eigenvalue weighted by atomic mass is 9.82. The summed E-state index contributed by atoms with van der Waals surface area (Å²) in [5.74, 6) is 0. The molecule has 0 aromatic heterocycles. The lowest BCUT2D eigenvalue weighted by Gasteiger charge is -2.33. The highest BCUT2D eigenvalue weighted by molar-refractivity contribution is 9.10. The molecule has 5 nitrogen and oxygen atoms in total. The first kappa shape index (κ1) is 15.4. The first-order chi connectivity index (χ1) is 9.50. The van der Waals surface area contributed by atoms with Gasteiger partial charge in [-0.15, -0.1) is 0 Å². The van der Waals surface area contributed by atoms with Crippen molar-refractivity contribution in [2.45, 2.75) is 26.3 Å². The van der Waals surface area contributed by atoms with Gasteiger partial charge in [-0.25, -0.2) is 0 Å². The van der Waals surface area contributed by atoms with Gasteiger partial charge in [0.1, 0.15) is 0 Å². The zero-order chi connectivity index (χ0) is 14.6. The molecule has 0 unspecified atom stereocenters. The zero-order valence-electron chi connectivity index (χ0n) is 11.5. The molecule has 1 heterocycles. The summed E-state index contributed by atoms with van der Waals surface area (Å²) in [6, 6.07) is 4.88. The highest BCUT2D eigenvalue weighted by atomic mass is 79.9. The van der Waals surface area contributed by atoms with Crippen molar-refractivity contribution in [2.75, 3.05) is 19.8 Å². The van der Waals surface area contributed by atoms with Crippen molar-refractivity contribution < 1.29 is 9.66 Å². The summed E-state index contributed by atoms with van der Waals surface area (Å²) >= 11 is 3.39. The highest BCUT2D eigenvalue weighted by Gasteiger charge is 2.26. The molecule has 0 saturated carbocycles. The molecule has 20 heavy (non-hydrogen) atoms. The lowest BCUT2D eigenvalue weighted by Crippen LogP contribution is -2.36. The maximum Gasteiger partial charge on any atom is 0.270 e. The molecule has 2 rings (SSSR count). The molecule has 0 spiro atoms. The third kappa shape index (κ3) is 4.01. The Bertz CT molecular complexity index is 487. The number of benzene rings is 1. The van der Waals surface area contributed by atoms with Crippen LogP contribution in [0.3, 0.4) is 0 Å². The Balaban J connectivity index is 1.89. The molecule has 110 valence electrons. The standard InChI is InChI=1S/C14H19BrN2O3/c1-14(4-6-20-7-5-14)10-16-9-11-2-3-12(17(18)19)8-13(11)15/h2-3,8,16H,4-7,9-10H2,1H3. The first-order valence-corrected chi connectivity index (χ1v) is 7.51. The van der Waals surface area contributed by atoms with Gasteiger partial charge in [0.25, 0.3) is 5.69 Å². The second-order valence-electron chi connectivity index (χ2n) is 5.56. The van der Waals surface area contributed by atoms with Crippen LogP contribution in [0.5, 0.6) is 0 Å². The van der Waals surface area contributed by atoms with Gasteiger partial charge in [-0.1, -0.05) is 22.9 Å². The molecule has 1 aromatic carbocycles. The number of non-ortho nitro benzene ring substituents is 1. The second-order valence-corrected chi connectivity index (χ2v) is 6.41. The van der Waals surface area contributed by atoms with Crippen LogP contribution < -0.4 is 5.32 Å². The van der Waals surface area contributed by atoms with Crippen LogP contribution in [0.25, 0.3) is 0 Å². The smallest absolute Gasteiger partial charge is 0.270 e.